The second kappa shape index (κ2) is 4.84. The molecule has 0 saturated heterocycles. The van der Waals surface area contributed by atoms with Crippen molar-refractivity contribution >= 4 is 11.4 Å². The molecule has 1 aromatic carbocycles. The summed E-state index contributed by atoms with van der Waals surface area (Å²) in [5, 5.41) is 3.14. The van der Waals surface area contributed by atoms with Crippen molar-refractivity contribution in [3.63, 3.8) is 0 Å². The van der Waals surface area contributed by atoms with E-state index in [9.17, 15) is 4.39 Å². The SMILES string of the molecule is CCCNc1ccc(N(C)C)c(F)c1. The molecule has 14 heavy (non-hydrogen) atoms. The summed E-state index contributed by atoms with van der Waals surface area (Å²) in [4.78, 5) is 1.76. The van der Waals surface area contributed by atoms with Gasteiger partial charge in [0.2, 0.25) is 0 Å². The smallest absolute Gasteiger partial charge is 0.148 e. The summed E-state index contributed by atoms with van der Waals surface area (Å²) < 4.78 is 13.4. The zero-order valence-electron chi connectivity index (χ0n) is 8.97. The van der Waals surface area contributed by atoms with Gasteiger partial charge in [0.25, 0.3) is 0 Å². The normalized spacial score (nSPS) is 10.0. The van der Waals surface area contributed by atoms with E-state index in [-0.39, 0.29) is 5.82 Å². The number of rotatable bonds is 4. The van der Waals surface area contributed by atoms with Gasteiger partial charge in [-0.1, -0.05) is 6.92 Å². The zero-order chi connectivity index (χ0) is 10.6. The maximum atomic E-state index is 13.4. The Morgan fingerprint density at radius 2 is 2.07 bits per heavy atom. The van der Waals surface area contributed by atoms with Crippen molar-refractivity contribution in [2.75, 3.05) is 30.9 Å². The molecule has 78 valence electrons. The predicted octanol–water partition coefficient (Wildman–Crippen LogP) is 2.71. The predicted molar refractivity (Wildman–Crippen MR) is 59.5 cm³/mol. The van der Waals surface area contributed by atoms with Crippen molar-refractivity contribution in [1.82, 2.24) is 0 Å². The third-order valence-electron chi connectivity index (χ3n) is 2.01. The minimum absolute atomic E-state index is 0.184. The molecule has 0 amide bonds. The Bertz CT molecular complexity index is 297. The molecule has 1 N–H and O–H groups in total. The highest BCUT2D eigenvalue weighted by atomic mass is 19.1. The number of nitrogens with zero attached hydrogens (tertiary/aromatic N) is 1. The number of nitrogens with one attached hydrogen (secondary N) is 1. The first kappa shape index (κ1) is 10.8. The van der Waals surface area contributed by atoms with Crippen LogP contribution in [0, 0.1) is 5.82 Å². The highest BCUT2D eigenvalue weighted by Gasteiger charge is 2.04. The summed E-state index contributed by atoms with van der Waals surface area (Å²) in [5.41, 5.74) is 1.46. The highest BCUT2D eigenvalue weighted by Crippen LogP contribution is 2.20. The Hall–Kier alpha value is -1.25. The molecule has 1 aromatic rings. The summed E-state index contributed by atoms with van der Waals surface area (Å²) in [7, 11) is 3.66. The van der Waals surface area contributed by atoms with Crippen molar-refractivity contribution in [3.05, 3.63) is 24.0 Å². The lowest BCUT2D eigenvalue weighted by atomic mass is 10.2. The van der Waals surface area contributed by atoms with Crippen LogP contribution in [0.5, 0.6) is 0 Å². The Kier molecular flexibility index (Phi) is 3.74. The van der Waals surface area contributed by atoms with E-state index in [0.717, 1.165) is 18.7 Å². The molecule has 1 rings (SSSR count). The first-order valence-electron chi connectivity index (χ1n) is 4.86. The fourth-order valence-corrected chi connectivity index (χ4v) is 1.25. The van der Waals surface area contributed by atoms with Crippen LogP contribution in [-0.2, 0) is 0 Å². The molecule has 0 saturated carbocycles. The Morgan fingerprint density at radius 1 is 1.36 bits per heavy atom. The number of hydrogen-bond donors (Lipinski definition) is 1. The van der Waals surface area contributed by atoms with Crippen molar-refractivity contribution in [2.45, 2.75) is 13.3 Å². The quantitative estimate of drug-likeness (QED) is 0.796. The van der Waals surface area contributed by atoms with Crippen molar-refractivity contribution in [1.29, 1.82) is 0 Å². The molecule has 0 unspecified atom stereocenters. The van der Waals surface area contributed by atoms with Crippen LogP contribution in [0.3, 0.4) is 0 Å². The number of hydrogen-bond acceptors (Lipinski definition) is 2. The van der Waals surface area contributed by atoms with Crippen LogP contribution in [0.4, 0.5) is 15.8 Å². The van der Waals surface area contributed by atoms with Crippen LogP contribution < -0.4 is 10.2 Å². The maximum absolute atomic E-state index is 13.4. The minimum atomic E-state index is -0.184. The van der Waals surface area contributed by atoms with Crippen LogP contribution in [0.15, 0.2) is 18.2 Å². The number of anilines is 2. The van der Waals surface area contributed by atoms with E-state index in [4.69, 9.17) is 0 Å². The van der Waals surface area contributed by atoms with Gasteiger partial charge in [-0.2, -0.15) is 0 Å². The number of halogens is 1. The van der Waals surface area contributed by atoms with Gasteiger partial charge in [0.1, 0.15) is 5.82 Å². The zero-order valence-corrected chi connectivity index (χ0v) is 8.97. The first-order valence-corrected chi connectivity index (χ1v) is 4.86. The van der Waals surface area contributed by atoms with E-state index >= 15 is 0 Å². The molecule has 0 atom stereocenters. The van der Waals surface area contributed by atoms with Gasteiger partial charge in [-0.05, 0) is 24.6 Å². The average molecular weight is 196 g/mol. The molecule has 0 aliphatic carbocycles. The van der Waals surface area contributed by atoms with E-state index in [0.29, 0.717) is 5.69 Å². The Morgan fingerprint density at radius 3 is 2.57 bits per heavy atom. The van der Waals surface area contributed by atoms with Gasteiger partial charge in [-0.25, -0.2) is 4.39 Å². The summed E-state index contributed by atoms with van der Waals surface area (Å²) in [6, 6.07) is 5.21. The standard InChI is InChI=1S/C11H17FN2/c1-4-7-13-9-5-6-11(14(2)3)10(12)8-9/h5-6,8,13H,4,7H2,1-3H3. The third kappa shape index (κ3) is 2.62. The van der Waals surface area contributed by atoms with Gasteiger partial charge in [0.15, 0.2) is 0 Å². The molecule has 2 nitrogen and oxygen atoms in total. The van der Waals surface area contributed by atoms with E-state index in [1.807, 2.05) is 20.2 Å². The highest BCUT2D eigenvalue weighted by molar-refractivity contribution is 5.55. The Balaban J connectivity index is 2.78. The lowest BCUT2D eigenvalue weighted by molar-refractivity contribution is 0.626. The van der Waals surface area contributed by atoms with Gasteiger partial charge in [-0.15, -0.1) is 0 Å². The van der Waals surface area contributed by atoms with Gasteiger partial charge in [-0.3, -0.25) is 0 Å². The van der Waals surface area contributed by atoms with E-state index in [1.54, 1.807) is 11.0 Å². The van der Waals surface area contributed by atoms with Crippen LogP contribution in [0.2, 0.25) is 0 Å². The average Bonchev–Trinajstić information content (AvgIpc) is 2.14. The molecule has 0 aliphatic rings. The summed E-state index contributed by atoms with van der Waals surface area (Å²) in [5.74, 6) is -0.184. The fourth-order valence-electron chi connectivity index (χ4n) is 1.25. The second-order valence-electron chi connectivity index (χ2n) is 3.49. The summed E-state index contributed by atoms with van der Waals surface area (Å²) in [6.45, 7) is 2.96. The largest absolute Gasteiger partial charge is 0.385 e. The molecular formula is C11H17FN2. The second-order valence-corrected chi connectivity index (χ2v) is 3.49. The Labute approximate surface area is 84.7 Å². The van der Waals surface area contributed by atoms with E-state index in [2.05, 4.69) is 12.2 Å². The van der Waals surface area contributed by atoms with Crippen molar-refractivity contribution < 1.29 is 4.39 Å². The molecule has 0 radical (unpaired) electrons. The van der Waals surface area contributed by atoms with Crippen molar-refractivity contribution in [2.24, 2.45) is 0 Å². The summed E-state index contributed by atoms with van der Waals surface area (Å²) >= 11 is 0. The molecule has 0 bridgehead atoms. The van der Waals surface area contributed by atoms with Crippen LogP contribution in [0.1, 0.15) is 13.3 Å². The minimum Gasteiger partial charge on any atom is -0.385 e. The van der Waals surface area contributed by atoms with Crippen molar-refractivity contribution in [3.8, 4) is 0 Å². The monoisotopic (exact) mass is 196 g/mol. The van der Waals surface area contributed by atoms with E-state index < -0.39 is 0 Å². The van der Waals surface area contributed by atoms with Crippen LogP contribution >= 0.6 is 0 Å². The summed E-state index contributed by atoms with van der Waals surface area (Å²) in [6.07, 6.45) is 1.04. The van der Waals surface area contributed by atoms with Crippen LogP contribution in [-0.4, -0.2) is 20.6 Å². The molecule has 0 heterocycles. The molecular weight excluding hydrogens is 179 g/mol. The molecule has 0 fully saturated rings. The number of benzene rings is 1. The molecule has 3 heteroatoms. The molecule has 0 spiro atoms. The van der Waals surface area contributed by atoms with Gasteiger partial charge in [0, 0.05) is 26.3 Å². The topological polar surface area (TPSA) is 15.3 Å². The van der Waals surface area contributed by atoms with Gasteiger partial charge in [0.05, 0.1) is 5.69 Å². The lowest BCUT2D eigenvalue weighted by Crippen LogP contribution is -2.11. The third-order valence-corrected chi connectivity index (χ3v) is 2.01. The molecule has 0 aromatic heterocycles. The van der Waals surface area contributed by atoms with Crippen LogP contribution in [0.25, 0.3) is 0 Å². The first-order chi connectivity index (χ1) is 6.65. The lowest BCUT2D eigenvalue weighted by Gasteiger charge is -2.14. The maximum Gasteiger partial charge on any atom is 0.148 e. The van der Waals surface area contributed by atoms with Gasteiger partial charge >= 0.3 is 0 Å². The fraction of sp³-hybridized carbons (Fsp3) is 0.455. The molecule has 0 aliphatic heterocycles. The van der Waals surface area contributed by atoms with E-state index in [1.165, 1.54) is 6.07 Å². The van der Waals surface area contributed by atoms with Gasteiger partial charge < -0.3 is 10.2 Å².